The molecule has 25 heavy (non-hydrogen) atoms. The van der Waals surface area contributed by atoms with Crippen LogP contribution in [0.25, 0.3) is 0 Å². The van der Waals surface area contributed by atoms with Gasteiger partial charge >= 0.3 is 5.97 Å². The summed E-state index contributed by atoms with van der Waals surface area (Å²) in [6, 6.07) is 10.4. The van der Waals surface area contributed by atoms with Gasteiger partial charge in [-0.3, -0.25) is 9.59 Å². The zero-order valence-corrected chi connectivity index (χ0v) is 14.7. The average molecular weight is 359 g/mol. The maximum atomic E-state index is 12.2. The molecule has 0 fully saturated rings. The fourth-order valence-corrected chi connectivity index (χ4v) is 3.62. The van der Waals surface area contributed by atoms with Gasteiger partial charge < -0.3 is 14.6 Å². The van der Waals surface area contributed by atoms with Crippen LogP contribution in [0.2, 0.25) is 0 Å². The molecular weight excluding hydrogens is 338 g/mol. The molecule has 2 aromatic rings. The van der Waals surface area contributed by atoms with Crippen LogP contribution in [-0.2, 0) is 35.5 Å². The van der Waals surface area contributed by atoms with Crippen molar-refractivity contribution in [1.29, 1.82) is 0 Å². The smallest absolute Gasteiger partial charge is 0.313 e. The van der Waals surface area contributed by atoms with Crippen LogP contribution in [0.1, 0.15) is 17.0 Å². The number of amides is 1. The lowest BCUT2D eigenvalue weighted by Crippen LogP contribution is -2.37. The highest BCUT2D eigenvalue weighted by Crippen LogP contribution is 2.19. The van der Waals surface area contributed by atoms with Gasteiger partial charge in [-0.15, -0.1) is 11.8 Å². The molecule has 0 bridgehead atoms. The Morgan fingerprint density at radius 1 is 1.20 bits per heavy atom. The van der Waals surface area contributed by atoms with E-state index in [2.05, 4.69) is 21.7 Å². The third-order valence-corrected chi connectivity index (χ3v) is 5.18. The van der Waals surface area contributed by atoms with Crippen LogP contribution in [0, 0.1) is 0 Å². The van der Waals surface area contributed by atoms with E-state index in [0.29, 0.717) is 13.1 Å². The van der Waals surface area contributed by atoms with Crippen molar-refractivity contribution < 1.29 is 14.7 Å². The molecule has 7 heteroatoms. The molecule has 2 heterocycles. The van der Waals surface area contributed by atoms with E-state index < -0.39 is 5.97 Å². The monoisotopic (exact) mass is 359 g/mol. The van der Waals surface area contributed by atoms with Crippen molar-refractivity contribution in [3.05, 3.63) is 53.6 Å². The first-order chi connectivity index (χ1) is 12.1. The van der Waals surface area contributed by atoms with Crippen molar-refractivity contribution in [3.63, 3.8) is 0 Å². The molecular formula is C18H21N3O3S. The number of aromatic nitrogens is 2. The van der Waals surface area contributed by atoms with E-state index in [1.165, 1.54) is 11.3 Å². The van der Waals surface area contributed by atoms with Gasteiger partial charge in [-0.1, -0.05) is 30.3 Å². The predicted octanol–water partition coefficient (Wildman–Crippen LogP) is 1.83. The van der Waals surface area contributed by atoms with Crippen molar-refractivity contribution in [2.75, 3.05) is 18.1 Å². The van der Waals surface area contributed by atoms with Gasteiger partial charge in [0, 0.05) is 25.2 Å². The van der Waals surface area contributed by atoms with E-state index in [1.54, 1.807) is 4.90 Å². The molecule has 0 saturated heterocycles. The van der Waals surface area contributed by atoms with E-state index in [-0.39, 0.29) is 17.4 Å². The quantitative estimate of drug-likeness (QED) is 0.816. The van der Waals surface area contributed by atoms with E-state index in [9.17, 15) is 9.59 Å². The van der Waals surface area contributed by atoms with Crippen molar-refractivity contribution >= 4 is 23.6 Å². The summed E-state index contributed by atoms with van der Waals surface area (Å²) in [5.74, 6) is -0.749. The fourth-order valence-electron chi connectivity index (χ4n) is 2.99. The lowest BCUT2D eigenvalue weighted by molar-refractivity contribution is -0.133. The highest BCUT2D eigenvalue weighted by atomic mass is 32.2. The zero-order valence-electron chi connectivity index (χ0n) is 13.9. The Kier molecular flexibility index (Phi) is 5.75. The first-order valence-corrected chi connectivity index (χ1v) is 9.43. The van der Waals surface area contributed by atoms with Crippen molar-refractivity contribution in [2.45, 2.75) is 25.9 Å². The molecule has 6 nitrogen and oxygen atoms in total. The standard InChI is InChI=1S/C18H21N3O3S/c22-17(11-25-12-18(23)24)20-9-7-16-15(10-20)19-13-21(16)8-6-14-4-2-1-3-5-14/h1-5,13H,6-12H2,(H,23,24). The number of thioether (sulfide) groups is 1. The molecule has 1 N–H and O–H groups in total. The summed E-state index contributed by atoms with van der Waals surface area (Å²) in [5.41, 5.74) is 3.46. The van der Waals surface area contributed by atoms with Gasteiger partial charge in [-0.25, -0.2) is 4.98 Å². The number of imidazole rings is 1. The maximum absolute atomic E-state index is 12.2. The highest BCUT2D eigenvalue weighted by Gasteiger charge is 2.24. The topological polar surface area (TPSA) is 75.4 Å². The summed E-state index contributed by atoms with van der Waals surface area (Å²) in [7, 11) is 0. The van der Waals surface area contributed by atoms with E-state index in [0.717, 1.165) is 36.8 Å². The third kappa shape index (κ3) is 4.63. The van der Waals surface area contributed by atoms with Crippen LogP contribution in [0.5, 0.6) is 0 Å². The second kappa shape index (κ2) is 8.20. The second-order valence-electron chi connectivity index (χ2n) is 6.02. The second-order valence-corrected chi connectivity index (χ2v) is 7.00. The van der Waals surface area contributed by atoms with Crippen LogP contribution >= 0.6 is 11.8 Å². The Labute approximate surface area is 150 Å². The van der Waals surface area contributed by atoms with Gasteiger partial charge in [0.1, 0.15) is 0 Å². The molecule has 0 spiro atoms. The summed E-state index contributed by atoms with van der Waals surface area (Å²) < 4.78 is 2.18. The highest BCUT2D eigenvalue weighted by molar-refractivity contribution is 8.00. The molecule has 132 valence electrons. The molecule has 0 radical (unpaired) electrons. The minimum Gasteiger partial charge on any atom is -0.481 e. The van der Waals surface area contributed by atoms with E-state index >= 15 is 0 Å². The lowest BCUT2D eigenvalue weighted by atomic mass is 10.1. The molecule has 0 aliphatic carbocycles. The summed E-state index contributed by atoms with van der Waals surface area (Å²) >= 11 is 1.14. The minimum atomic E-state index is -0.893. The molecule has 1 aliphatic rings. The van der Waals surface area contributed by atoms with E-state index in [4.69, 9.17) is 5.11 Å². The Morgan fingerprint density at radius 3 is 2.76 bits per heavy atom. The van der Waals surface area contributed by atoms with Crippen LogP contribution in [0.3, 0.4) is 0 Å². The molecule has 1 aliphatic heterocycles. The molecule has 0 saturated carbocycles. The number of carbonyl (C=O) groups is 2. The number of carbonyl (C=O) groups excluding carboxylic acids is 1. The number of hydrogen-bond acceptors (Lipinski definition) is 4. The number of carboxylic acid groups (broad SMARTS) is 1. The van der Waals surface area contributed by atoms with Gasteiger partial charge in [0.2, 0.25) is 5.91 Å². The first-order valence-electron chi connectivity index (χ1n) is 8.27. The van der Waals surface area contributed by atoms with Crippen LogP contribution in [-0.4, -0.2) is 49.5 Å². The van der Waals surface area contributed by atoms with E-state index in [1.807, 2.05) is 24.5 Å². The number of hydrogen-bond donors (Lipinski definition) is 1. The number of aryl methyl sites for hydroxylation is 2. The molecule has 3 rings (SSSR count). The Bertz CT molecular complexity index is 745. The predicted molar refractivity (Wildman–Crippen MR) is 96.5 cm³/mol. The average Bonchev–Trinajstić information content (AvgIpc) is 3.02. The van der Waals surface area contributed by atoms with Crippen LogP contribution in [0.15, 0.2) is 36.7 Å². The van der Waals surface area contributed by atoms with Gasteiger partial charge in [-0.05, 0) is 12.0 Å². The molecule has 1 aromatic carbocycles. The van der Waals surface area contributed by atoms with Crippen molar-refractivity contribution in [3.8, 4) is 0 Å². The van der Waals surface area contributed by atoms with Crippen LogP contribution in [0.4, 0.5) is 0 Å². The molecule has 0 unspecified atom stereocenters. The molecule has 1 aromatic heterocycles. The number of nitrogens with zero attached hydrogens (tertiary/aromatic N) is 3. The maximum Gasteiger partial charge on any atom is 0.313 e. The number of fused-ring (bicyclic) bond motifs is 1. The molecule has 1 amide bonds. The van der Waals surface area contributed by atoms with Crippen molar-refractivity contribution in [2.24, 2.45) is 0 Å². The lowest BCUT2D eigenvalue weighted by Gasteiger charge is -2.27. The number of aliphatic carboxylic acids is 1. The SMILES string of the molecule is O=C(O)CSCC(=O)N1CCc2c(ncn2CCc2ccccc2)C1. The summed E-state index contributed by atoms with van der Waals surface area (Å²) in [6.07, 6.45) is 3.61. The van der Waals surface area contributed by atoms with Crippen molar-refractivity contribution in [1.82, 2.24) is 14.5 Å². The number of rotatable bonds is 7. The van der Waals surface area contributed by atoms with Crippen LogP contribution < -0.4 is 0 Å². The van der Waals surface area contributed by atoms with Gasteiger partial charge in [0.15, 0.2) is 0 Å². The number of benzene rings is 1. The minimum absolute atomic E-state index is 0.0178. The fraction of sp³-hybridized carbons (Fsp3) is 0.389. The van der Waals surface area contributed by atoms with Gasteiger partial charge in [-0.2, -0.15) is 0 Å². The summed E-state index contributed by atoms with van der Waals surface area (Å²) in [5, 5.41) is 8.64. The Balaban J connectivity index is 1.55. The third-order valence-electron chi connectivity index (χ3n) is 4.28. The van der Waals surface area contributed by atoms with Gasteiger partial charge in [0.05, 0.1) is 30.1 Å². The molecule has 0 atom stereocenters. The normalized spacial score (nSPS) is 13.5. The summed E-state index contributed by atoms with van der Waals surface area (Å²) in [6.45, 7) is 2.06. The largest absolute Gasteiger partial charge is 0.481 e. The zero-order chi connectivity index (χ0) is 17.6. The Morgan fingerprint density at radius 2 is 2.00 bits per heavy atom. The Hall–Kier alpha value is -2.28. The number of carboxylic acids is 1. The summed E-state index contributed by atoms with van der Waals surface area (Å²) in [4.78, 5) is 29.0. The first kappa shape index (κ1) is 17.5. The van der Waals surface area contributed by atoms with Gasteiger partial charge in [0.25, 0.3) is 0 Å².